The number of benzene rings is 1. The topological polar surface area (TPSA) is 64.3 Å². The Morgan fingerprint density at radius 2 is 1.91 bits per heavy atom. The first-order valence-electron chi connectivity index (χ1n) is 6.45. The van der Waals surface area contributed by atoms with Gasteiger partial charge >= 0.3 is 6.18 Å². The van der Waals surface area contributed by atoms with Crippen molar-refractivity contribution in [2.75, 3.05) is 12.4 Å². The number of carbonyl (C=O) groups excluding carboxylic acids is 1. The second-order valence-electron chi connectivity index (χ2n) is 4.89. The minimum Gasteiger partial charge on any atom is -0.499 e. The predicted octanol–water partition coefficient (Wildman–Crippen LogP) is 2.75. The van der Waals surface area contributed by atoms with Crippen LogP contribution in [0.4, 0.5) is 18.9 Å². The zero-order valence-electron chi connectivity index (χ0n) is 11.8. The summed E-state index contributed by atoms with van der Waals surface area (Å²) < 4.78 is 44.4. The highest BCUT2D eigenvalue weighted by molar-refractivity contribution is 6.04. The number of para-hydroxylation sites is 1. The Labute approximate surface area is 125 Å². The second kappa shape index (κ2) is 5.84. The first kappa shape index (κ1) is 16.1. The molecule has 118 valence electrons. The number of hydrogen-bond donors (Lipinski definition) is 2. The number of allylic oxidation sites excluding steroid dienone is 2. The predicted molar refractivity (Wildman–Crippen MR) is 75.8 cm³/mol. The minimum atomic E-state index is -4.73. The fourth-order valence-electron chi connectivity index (χ4n) is 2.15. The van der Waals surface area contributed by atoms with Crippen LogP contribution in [0.5, 0.6) is 0 Å². The van der Waals surface area contributed by atoms with Gasteiger partial charge in [-0.3, -0.25) is 4.79 Å². The normalized spacial score (nSPS) is 21.7. The van der Waals surface area contributed by atoms with Gasteiger partial charge in [-0.1, -0.05) is 24.3 Å². The molecule has 0 unspecified atom stereocenters. The van der Waals surface area contributed by atoms with Crippen LogP contribution in [0.3, 0.4) is 0 Å². The van der Waals surface area contributed by atoms with Gasteiger partial charge in [0.1, 0.15) is 5.76 Å². The summed E-state index contributed by atoms with van der Waals surface area (Å²) >= 11 is 0. The van der Waals surface area contributed by atoms with Gasteiger partial charge < -0.3 is 15.8 Å². The molecule has 1 atom stereocenters. The summed E-state index contributed by atoms with van der Waals surface area (Å²) in [5, 5.41) is 2.53. The Hall–Kier alpha value is -2.28. The Bertz CT molecular complexity index is 623. The number of amides is 1. The van der Waals surface area contributed by atoms with Gasteiger partial charge in [-0.15, -0.1) is 0 Å². The second-order valence-corrected chi connectivity index (χ2v) is 4.89. The molecule has 0 saturated carbocycles. The van der Waals surface area contributed by atoms with Crippen LogP contribution in [0.1, 0.15) is 6.42 Å². The molecule has 1 aliphatic carbocycles. The third-order valence-corrected chi connectivity index (χ3v) is 3.39. The lowest BCUT2D eigenvalue weighted by molar-refractivity contribution is -0.183. The molecule has 0 bridgehead atoms. The largest absolute Gasteiger partial charge is 0.499 e. The van der Waals surface area contributed by atoms with Crippen LogP contribution in [0, 0.1) is 0 Å². The molecule has 0 aromatic heterocycles. The quantitative estimate of drug-likeness (QED) is 0.902. The van der Waals surface area contributed by atoms with Crippen molar-refractivity contribution in [1.29, 1.82) is 0 Å². The fourth-order valence-corrected chi connectivity index (χ4v) is 2.15. The van der Waals surface area contributed by atoms with E-state index in [4.69, 9.17) is 10.5 Å². The lowest BCUT2D eigenvalue weighted by Crippen LogP contribution is -2.56. The van der Waals surface area contributed by atoms with E-state index in [-0.39, 0.29) is 5.57 Å². The summed E-state index contributed by atoms with van der Waals surface area (Å²) in [5.74, 6) is -1.05. The maximum Gasteiger partial charge on any atom is 0.413 e. The molecule has 1 aromatic rings. The van der Waals surface area contributed by atoms with Crippen LogP contribution in [-0.2, 0) is 9.53 Å². The van der Waals surface area contributed by atoms with Crippen LogP contribution in [0.15, 0.2) is 53.8 Å². The van der Waals surface area contributed by atoms with Gasteiger partial charge in [-0.25, -0.2) is 0 Å². The van der Waals surface area contributed by atoms with Crippen molar-refractivity contribution in [2.24, 2.45) is 5.73 Å². The van der Waals surface area contributed by atoms with Gasteiger partial charge in [0.2, 0.25) is 0 Å². The number of methoxy groups -OCH3 is 1. The number of nitrogens with two attached hydrogens (primary N) is 1. The number of anilines is 1. The van der Waals surface area contributed by atoms with Gasteiger partial charge in [-0.05, 0) is 18.2 Å². The molecule has 7 heteroatoms. The molecule has 0 fully saturated rings. The third kappa shape index (κ3) is 2.99. The summed E-state index contributed by atoms with van der Waals surface area (Å²) in [6, 6.07) is 8.44. The van der Waals surface area contributed by atoms with Crippen molar-refractivity contribution < 1.29 is 22.7 Å². The van der Waals surface area contributed by atoms with E-state index in [0.717, 1.165) is 13.2 Å². The maximum atomic E-state index is 13.2. The number of carbonyl (C=O) groups is 1. The molecule has 0 spiro atoms. The van der Waals surface area contributed by atoms with E-state index in [1.54, 1.807) is 30.3 Å². The van der Waals surface area contributed by atoms with E-state index in [9.17, 15) is 18.0 Å². The van der Waals surface area contributed by atoms with Gasteiger partial charge in [0, 0.05) is 17.7 Å². The maximum absolute atomic E-state index is 13.2. The van der Waals surface area contributed by atoms with Gasteiger partial charge in [0.05, 0.1) is 7.11 Å². The molecule has 22 heavy (non-hydrogen) atoms. The number of hydrogen-bond acceptors (Lipinski definition) is 3. The summed E-state index contributed by atoms with van der Waals surface area (Å²) in [4.78, 5) is 12.1. The average molecular weight is 312 g/mol. The standard InChI is InChI=1S/C15H15F3N2O2/c1-22-12-8-7-10(9-14(12,19)15(16,17)18)13(21)20-11-5-3-2-4-6-11/h2-8H,9,19H2,1H3,(H,20,21)/t14-/m1/s1. The third-order valence-electron chi connectivity index (χ3n) is 3.39. The lowest BCUT2D eigenvalue weighted by Gasteiger charge is -2.35. The molecule has 3 N–H and O–H groups in total. The van der Waals surface area contributed by atoms with Crippen molar-refractivity contribution in [3.63, 3.8) is 0 Å². The van der Waals surface area contributed by atoms with Gasteiger partial charge in [-0.2, -0.15) is 13.2 Å². The molecule has 1 aromatic carbocycles. The number of rotatable bonds is 3. The van der Waals surface area contributed by atoms with E-state index in [1.165, 1.54) is 6.08 Å². The van der Waals surface area contributed by atoms with Crippen LogP contribution < -0.4 is 11.1 Å². The highest BCUT2D eigenvalue weighted by Gasteiger charge is 2.57. The van der Waals surface area contributed by atoms with Crippen LogP contribution in [0.2, 0.25) is 0 Å². The highest BCUT2D eigenvalue weighted by atomic mass is 19.4. The van der Waals surface area contributed by atoms with Gasteiger partial charge in [0.15, 0.2) is 5.54 Å². The molecule has 0 aliphatic heterocycles. The van der Waals surface area contributed by atoms with E-state index in [0.29, 0.717) is 5.69 Å². The Balaban J connectivity index is 2.24. The Morgan fingerprint density at radius 1 is 1.27 bits per heavy atom. The zero-order valence-corrected chi connectivity index (χ0v) is 11.8. The average Bonchev–Trinajstić information content (AvgIpc) is 2.47. The molecule has 1 aliphatic rings. The number of ether oxygens (including phenoxy) is 1. The van der Waals surface area contributed by atoms with Crippen LogP contribution in [-0.4, -0.2) is 24.7 Å². The van der Waals surface area contributed by atoms with Crippen molar-refractivity contribution in [1.82, 2.24) is 0 Å². The van der Waals surface area contributed by atoms with E-state index < -0.39 is 29.8 Å². The summed E-state index contributed by atoms with van der Waals surface area (Å²) in [6.45, 7) is 0. The molecule has 0 saturated heterocycles. The Kier molecular flexibility index (Phi) is 4.27. The summed E-state index contributed by atoms with van der Waals surface area (Å²) in [7, 11) is 1.11. The van der Waals surface area contributed by atoms with E-state index in [2.05, 4.69) is 5.32 Å². The van der Waals surface area contributed by atoms with Crippen molar-refractivity contribution >= 4 is 11.6 Å². The number of alkyl halides is 3. The zero-order chi connectivity index (χ0) is 16.4. The van der Waals surface area contributed by atoms with Crippen molar-refractivity contribution in [2.45, 2.75) is 18.1 Å². The first-order valence-corrected chi connectivity index (χ1v) is 6.45. The molecular weight excluding hydrogens is 297 g/mol. The SMILES string of the molecule is COC1=CC=C(C(=O)Nc2ccccc2)C[C@]1(N)C(F)(F)F. The monoisotopic (exact) mass is 312 g/mol. The minimum absolute atomic E-state index is 0.0653. The van der Waals surface area contributed by atoms with E-state index >= 15 is 0 Å². The van der Waals surface area contributed by atoms with E-state index in [1.807, 2.05) is 0 Å². The Morgan fingerprint density at radius 3 is 2.45 bits per heavy atom. The van der Waals surface area contributed by atoms with Crippen molar-refractivity contribution in [3.05, 3.63) is 53.8 Å². The summed E-state index contributed by atoms with van der Waals surface area (Å²) in [5.41, 5.74) is 3.19. The van der Waals surface area contributed by atoms with Crippen LogP contribution >= 0.6 is 0 Å². The molecule has 1 amide bonds. The molecule has 0 heterocycles. The highest BCUT2D eigenvalue weighted by Crippen LogP contribution is 2.41. The molecule has 2 rings (SSSR count). The molecular formula is C15H15F3N2O2. The summed E-state index contributed by atoms with van der Waals surface area (Å²) in [6.07, 6.45) is -3.05. The fraction of sp³-hybridized carbons (Fsp3) is 0.267. The van der Waals surface area contributed by atoms with Gasteiger partial charge in [0.25, 0.3) is 5.91 Å². The van der Waals surface area contributed by atoms with Crippen LogP contribution in [0.25, 0.3) is 0 Å². The smallest absolute Gasteiger partial charge is 0.413 e. The lowest BCUT2D eigenvalue weighted by atomic mass is 9.84. The first-order chi connectivity index (χ1) is 10.3. The molecule has 0 radical (unpaired) electrons. The number of nitrogens with one attached hydrogen (secondary N) is 1. The van der Waals surface area contributed by atoms with Crippen molar-refractivity contribution in [3.8, 4) is 0 Å². The number of halogens is 3. The molecule has 4 nitrogen and oxygen atoms in total.